The maximum absolute atomic E-state index is 11.0. The van der Waals surface area contributed by atoms with Gasteiger partial charge in [0.15, 0.2) is 17.0 Å². The molecule has 0 unspecified atom stereocenters. The molecule has 5 rings (SSSR count). The number of rotatable bonds is 7. The highest BCUT2D eigenvalue weighted by Crippen LogP contribution is 2.31. The van der Waals surface area contributed by atoms with Gasteiger partial charge in [-0.3, -0.25) is 4.18 Å². The number of anilines is 1. The molecule has 4 aromatic rings. The minimum atomic E-state index is -3.92. The SMILES string of the molecule is NS(=O)(=O)OC[C@H]1CC[C@H](Nc2ncnc3[nH]c(-c4cccc(-c5ccccc5)c4)nc23)C1. The van der Waals surface area contributed by atoms with Gasteiger partial charge in [-0.2, -0.15) is 8.42 Å². The number of fused-ring (bicyclic) bond motifs is 1. The quantitative estimate of drug-likeness (QED) is 0.381. The van der Waals surface area contributed by atoms with E-state index in [9.17, 15) is 8.42 Å². The molecule has 2 aromatic heterocycles. The Morgan fingerprint density at radius 3 is 2.64 bits per heavy atom. The number of H-pyrrole nitrogens is 1. The summed E-state index contributed by atoms with van der Waals surface area (Å²) in [6, 6.07) is 18.5. The number of benzene rings is 2. The van der Waals surface area contributed by atoms with Gasteiger partial charge in [0.2, 0.25) is 0 Å². The lowest BCUT2D eigenvalue weighted by molar-refractivity contribution is 0.256. The molecule has 1 saturated carbocycles. The second kappa shape index (κ2) is 8.89. The molecule has 0 aliphatic heterocycles. The lowest BCUT2D eigenvalue weighted by Gasteiger charge is -2.13. The van der Waals surface area contributed by atoms with Gasteiger partial charge >= 0.3 is 10.3 Å². The highest BCUT2D eigenvalue weighted by Gasteiger charge is 2.27. The van der Waals surface area contributed by atoms with E-state index in [1.807, 2.05) is 30.3 Å². The van der Waals surface area contributed by atoms with Crippen molar-refractivity contribution in [1.82, 2.24) is 19.9 Å². The van der Waals surface area contributed by atoms with E-state index in [4.69, 9.17) is 14.3 Å². The lowest BCUT2D eigenvalue weighted by Crippen LogP contribution is -2.21. The smallest absolute Gasteiger partial charge is 0.333 e. The van der Waals surface area contributed by atoms with Crippen LogP contribution in [-0.2, 0) is 14.5 Å². The Balaban J connectivity index is 1.35. The summed E-state index contributed by atoms with van der Waals surface area (Å²) in [5.41, 5.74) is 4.53. The van der Waals surface area contributed by atoms with Crippen LogP contribution in [0.1, 0.15) is 19.3 Å². The zero-order chi connectivity index (χ0) is 22.8. The number of hydrogen-bond donors (Lipinski definition) is 3. The van der Waals surface area contributed by atoms with Gasteiger partial charge in [-0.15, -0.1) is 0 Å². The first-order valence-electron chi connectivity index (χ1n) is 10.7. The average molecular weight is 465 g/mol. The van der Waals surface area contributed by atoms with Crippen molar-refractivity contribution < 1.29 is 12.6 Å². The third-order valence-electron chi connectivity index (χ3n) is 5.88. The molecule has 0 saturated heterocycles. The van der Waals surface area contributed by atoms with E-state index in [1.165, 1.54) is 6.33 Å². The van der Waals surface area contributed by atoms with E-state index >= 15 is 0 Å². The first-order valence-corrected chi connectivity index (χ1v) is 12.2. The summed E-state index contributed by atoms with van der Waals surface area (Å²) in [6.45, 7) is 0.0977. The van der Waals surface area contributed by atoms with Crippen molar-refractivity contribution in [3.8, 4) is 22.5 Å². The van der Waals surface area contributed by atoms with Crippen LogP contribution in [-0.4, -0.2) is 41.0 Å². The van der Waals surface area contributed by atoms with Crippen molar-refractivity contribution in [3.63, 3.8) is 0 Å². The van der Waals surface area contributed by atoms with Crippen molar-refractivity contribution in [3.05, 3.63) is 60.9 Å². The van der Waals surface area contributed by atoms with Crippen molar-refractivity contribution in [1.29, 1.82) is 0 Å². The van der Waals surface area contributed by atoms with Crippen molar-refractivity contribution >= 4 is 27.3 Å². The topological polar surface area (TPSA) is 136 Å². The molecule has 2 aromatic carbocycles. The predicted molar refractivity (Wildman–Crippen MR) is 126 cm³/mol. The van der Waals surface area contributed by atoms with Gasteiger partial charge in [-0.25, -0.2) is 20.1 Å². The maximum Gasteiger partial charge on any atom is 0.333 e. The van der Waals surface area contributed by atoms with Gasteiger partial charge in [0.05, 0.1) is 6.61 Å². The molecular formula is C23H24N6O3S. The van der Waals surface area contributed by atoms with Gasteiger partial charge in [0.1, 0.15) is 12.2 Å². The molecule has 0 spiro atoms. The first kappa shape index (κ1) is 21.5. The van der Waals surface area contributed by atoms with Crippen LogP contribution >= 0.6 is 0 Å². The average Bonchev–Trinajstić information content (AvgIpc) is 3.46. The van der Waals surface area contributed by atoms with Gasteiger partial charge < -0.3 is 10.3 Å². The van der Waals surface area contributed by atoms with Crippen LogP contribution in [0.5, 0.6) is 0 Å². The van der Waals surface area contributed by atoms with Crippen LogP contribution in [0.4, 0.5) is 5.82 Å². The number of hydrogen-bond acceptors (Lipinski definition) is 7. The van der Waals surface area contributed by atoms with E-state index in [-0.39, 0.29) is 18.6 Å². The zero-order valence-electron chi connectivity index (χ0n) is 17.8. The molecule has 1 aliphatic carbocycles. The van der Waals surface area contributed by atoms with Gasteiger partial charge in [0, 0.05) is 11.6 Å². The largest absolute Gasteiger partial charge is 0.365 e. The summed E-state index contributed by atoms with van der Waals surface area (Å²) in [5.74, 6) is 1.49. The monoisotopic (exact) mass is 464 g/mol. The minimum absolute atomic E-state index is 0.0977. The Morgan fingerprint density at radius 2 is 1.82 bits per heavy atom. The maximum atomic E-state index is 11.0. The number of aromatic nitrogens is 4. The Kier molecular flexibility index (Phi) is 5.79. The van der Waals surface area contributed by atoms with E-state index < -0.39 is 10.3 Å². The Bertz CT molecular complexity index is 1370. The summed E-state index contributed by atoms with van der Waals surface area (Å²) in [5, 5.41) is 8.38. The molecule has 0 bridgehead atoms. The summed E-state index contributed by atoms with van der Waals surface area (Å²) in [4.78, 5) is 16.8. The van der Waals surface area contributed by atoms with E-state index in [1.54, 1.807) is 0 Å². The van der Waals surface area contributed by atoms with E-state index in [0.717, 1.165) is 41.8 Å². The van der Waals surface area contributed by atoms with E-state index in [2.05, 4.69) is 44.5 Å². The van der Waals surface area contributed by atoms with Crippen LogP contribution in [0.25, 0.3) is 33.7 Å². The molecule has 0 amide bonds. The number of aromatic amines is 1. The molecule has 33 heavy (non-hydrogen) atoms. The van der Waals surface area contributed by atoms with Crippen LogP contribution < -0.4 is 10.5 Å². The number of nitrogens with two attached hydrogens (primary N) is 1. The second-order valence-corrected chi connectivity index (χ2v) is 9.47. The number of nitrogens with one attached hydrogen (secondary N) is 2. The molecule has 1 aliphatic rings. The molecule has 170 valence electrons. The molecule has 9 nitrogen and oxygen atoms in total. The molecule has 4 N–H and O–H groups in total. The molecule has 2 heterocycles. The summed E-state index contributed by atoms with van der Waals surface area (Å²) < 4.78 is 26.8. The lowest BCUT2D eigenvalue weighted by atomic mass is 10.0. The van der Waals surface area contributed by atoms with Crippen molar-refractivity contribution in [2.24, 2.45) is 11.1 Å². The van der Waals surface area contributed by atoms with E-state index in [0.29, 0.717) is 17.0 Å². The standard InChI is InChI=1S/C23H24N6O3S/c24-33(30,31)32-13-15-9-10-19(11-15)27-22-20-23(26-14-25-22)29-21(28-20)18-8-4-7-17(12-18)16-5-2-1-3-6-16/h1-8,12,14-15,19H,9-11,13H2,(H2,24,30,31)(H2,25,26,27,28,29)/t15-,19-/m0/s1. The first-order chi connectivity index (χ1) is 15.9. The Morgan fingerprint density at radius 1 is 1.03 bits per heavy atom. The van der Waals surface area contributed by atoms with Gasteiger partial charge in [-0.05, 0) is 42.4 Å². The van der Waals surface area contributed by atoms with Crippen molar-refractivity contribution in [2.45, 2.75) is 25.3 Å². The molecule has 10 heteroatoms. The highest BCUT2D eigenvalue weighted by atomic mass is 32.2. The predicted octanol–water partition coefficient (Wildman–Crippen LogP) is 3.49. The number of imidazole rings is 1. The normalized spacial score (nSPS) is 18.6. The third-order valence-corrected chi connectivity index (χ3v) is 6.34. The number of nitrogens with zero attached hydrogens (tertiary/aromatic N) is 3. The van der Waals surface area contributed by atoms with Crippen molar-refractivity contribution in [2.75, 3.05) is 11.9 Å². The summed E-state index contributed by atoms with van der Waals surface area (Å²) in [7, 11) is -3.92. The van der Waals surface area contributed by atoms with Gasteiger partial charge in [-0.1, -0.05) is 48.5 Å². The fourth-order valence-electron chi connectivity index (χ4n) is 4.29. The second-order valence-electron chi connectivity index (χ2n) is 8.25. The Hall–Kier alpha value is -3.34. The fourth-order valence-corrected chi connectivity index (χ4v) is 4.67. The molecule has 0 radical (unpaired) electrons. The Labute approximate surface area is 191 Å². The van der Waals surface area contributed by atoms with Crippen LogP contribution in [0.15, 0.2) is 60.9 Å². The van der Waals surface area contributed by atoms with Crippen LogP contribution in [0.2, 0.25) is 0 Å². The molecular weight excluding hydrogens is 440 g/mol. The van der Waals surface area contributed by atoms with Crippen LogP contribution in [0.3, 0.4) is 0 Å². The molecule has 2 atom stereocenters. The summed E-state index contributed by atoms with van der Waals surface area (Å²) in [6.07, 6.45) is 3.99. The fraction of sp³-hybridized carbons (Fsp3) is 0.261. The third kappa shape index (κ3) is 5.03. The highest BCUT2D eigenvalue weighted by molar-refractivity contribution is 7.84. The zero-order valence-corrected chi connectivity index (χ0v) is 18.6. The van der Waals surface area contributed by atoms with Crippen LogP contribution in [0, 0.1) is 5.92 Å². The summed E-state index contributed by atoms with van der Waals surface area (Å²) >= 11 is 0. The molecule has 1 fully saturated rings. The van der Waals surface area contributed by atoms with Gasteiger partial charge in [0.25, 0.3) is 0 Å². The minimum Gasteiger partial charge on any atom is -0.365 e.